The third-order valence-corrected chi connectivity index (χ3v) is 6.42. The summed E-state index contributed by atoms with van der Waals surface area (Å²) in [5, 5.41) is 20.2. The van der Waals surface area contributed by atoms with Gasteiger partial charge in [-0.25, -0.2) is 19.8 Å². The van der Waals surface area contributed by atoms with Crippen LogP contribution in [0, 0.1) is 5.92 Å². The first kappa shape index (κ1) is 21.0. The molecule has 9 nitrogen and oxygen atoms in total. The molecule has 3 atom stereocenters. The van der Waals surface area contributed by atoms with E-state index in [4.69, 9.17) is 16.7 Å². The van der Waals surface area contributed by atoms with Gasteiger partial charge in [-0.2, -0.15) is 8.42 Å². The summed E-state index contributed by atoms with van der Waals surface area (Å²) in [6.45, 7) is 0.635. The van der Waals surface area contributed by atoms with Gasteiger partial charge >= 0.3 is 0 Å². The summed E-state index contributed by atoms with van der Waals surface area (Å²) in [6, 6.07) is 9.55. The lowest BCUT2D eigenvalue weighted by Crippen LogP contribution is -2.36. The molecule has 1 aliphatic rings. The number of aliphatic hydroxyl groups is 1. The van der Waals surface area contributed by atoms with Gasteiger partial charge in [-0.05, 0) is 30.5 Å². The molecule has 11 heteroatoms. The van der Waals surface area contributed by atoms with E-state index in [0.29, 0.717) is 30.2 Å². The number of fused-ring (bicyclic) bond motifs is 1. The van der Waals surface area contributed by atoms with E-state index in [1.165, 1.54) is 6.33 Å². The Morgan fingerprint density at radius 2 is 2.03 bits per heavy atom. The van der Waals surface area contributed by atoms with E-state index < -0.39 is 16.3 Å². The Kier molecular flexibility index (Phi) is 5.94. The van der Waals surface area contributed by atoms with Crippen LogP contribution < -0.4 is 15.2 Å². The molecular weight excluding hydrogens is 428 g/mol. The van der Waals surface area contributed by atoms with Crippen LogP contribution in [0.15, 0.2) is 42.9 Å². The van der Waals surface area contributed by atoms with Gasteiger partial charge < -0.3 is 15.0 Å². The van der Waals surface area contributed by atoms with Crippen molar-refractivity contribution in [2.45, 2.75) is 31.5 Å². The Labute approximate surface area is 179 Å². The average Bonchev–Trinajstić information content (AvgIpc) is 3.29. The van der Waals surface area contributed by atoms with Crippen molar-refractivity contribution in [3.63, 3.8) is 0 Å². The molecule has 0 saturated heterocycles. The molecule has 3 aromatic rings. The number of halogens is 1. The van der Waals surface area contributed by atoms with E-state index in [2.05, 4.69) is 20.0 Å². The van der Waals surface area contributed by atoms with Crippen LogP contribution in [0.1, 0.15) is 24.4 Å². The molecule has 30 heavy (non-hydrogen) atoms. The van der Waals surface area contributed by atoms with Gasteiger partial charge in [0.25, 0.3) is 10.2 Å². The number of aromatic nitrogens is 3. The SMILES string of the molecule is NS(=O)(=O)NC[C@@H]1C[C@@H](n2ccc3c(NCc4ccccc4Cl)ncnc32)C[C@@H]1O. The van der Waals surface area contributed by atoms with Crippen LogP contribution in [0.4, 0.5) is 5.82 Å². The minimum Gasteiger partial charge on any atom is -0.393 e. The van der Waals surface area contributed by atoms with Crippen LogP contribution in [-0.2, 0) is 16.8 Å². The molecule has 1 saturated carbocycles. The van der Waals surface area contributed by atoms with Crippen LogP contribution in [-0.4, -0.2) is 40.7 Å². The van der Waals surface area contributed by atoms with Gasteiger partial charge in [0, 0.05) is 36.3 Å². The van der Waals surface area contributed by atoms with Crippen LogP contribution >= 0.6 is 11.6 Å². The number of nitrogens with zero attached hydrogens (tertiary/aromatic N) is 3. The van der Waals surface area contributed by atoms with E-state index in [0.717, 1.165) is 16.6 Å². The first-order valence-electron chi connectivity index (χ1n) is 9.56. The lowest BCUT2D eigenvalue weighted by molar-refractivity contribution is 0.133. The normalized spacial score (nSPS) is 21.9. The fourth-order valence-corrected chi connectivity index (χ4v) is 4.62. The number of anilines is 1. The molecule has 0 amide bonds. The van der Waals surface area contributed by atoms with Crippen LogP contribution in [0.2, 0.25) is 5.02 Å². The minimum atomic E-state index is -3.79. The number of benzene rings is 1. The fourth-order valence-electron chi connectivity index (χ4n) is 3.97. The Morgan fingerprint density at radius 3 is 2.80 bits per heavy atom. The summed E-state index contributed by atoms with van der Waals surface area (Å²) in [6.07, 6.45) is 3.92. The number of nitrogens with two attached hydrogens (primary N) is 1. The first-order valence-corrected chi connectivity index (χ1v) is 11.5. The number of rotatable bonds is 7. The van der Waals surface area contributed by atoms with E-state index in [1.54, 1.807) is 0 Å². The second kappa shape index (κ2) is 8.48. The van der Waals surface area contributed by atoms with Crippen molar-refractivity contribution in [3.05, 3.63) is 53.4 Å². The van der Waals surface area contributed by atoms with E-state index in [1.807, 2.05) is 41.1 Å². The molecule has 1 aliphatic carbocycles. The van der Waals surface area contributed by atoms with E-state index in [-0.39, 0.29) is 18.5 Å². The van der Waals surface area contributed by atoms with Crippen molar-refractivity contribution >= 4 is 38.7 Å². The zero-order valence-corrected chi connectivity index (χ0v) is 17.6. The summed E-state index contributed by atoms with van der Waals surface area (Å²) in [5.74, 6) is 0.482. The first-order chi connectivity index (χ1) is 14.3. The number of nitrogens with one attached hydrogen (secondary N) is 2. The van der Waals surface area contributed by atoms with Crippen molar-refractivity contribution in [1.82, 2.24) is 19.3 Å². The van der Waals surface area contributed by atoms with Crippen molar-refractivity contribution in [3.8, 4) is 0 Å². The predicted molar refractivity (Wildman–Crippen MR) is 115 cm³/mol. The van der Waals surface area contributed by atoms with Crippen molar-refractivity contribution in [1.29, 1.82) is 0 Å². The Bertz CT molecular complexity index is 1150. The van der Waals surface area contributed by atoms with Gasteiger partial charge in [0.05, 0.1) is 11.5 Å². The molecule has 0 aliphatic heterocycles. The second-order valence-corrected chi connectivity index (χ2v) is 9.26. The molecule has 0 bridgehead atoms. The number of hydrogen-bond donors (Lipinski definition) is 4. The van der Waals surface area contributed by atoms with Gasteiger partial charge in [0.1, 0.15) is 17.8 Å². The van der Waals surface area contributed by atoms with E-state index in [9.17, 15) is 13.5 Å². The molecule has 1 fully saturated rings. The molecule has 4 rings (SSSR count). The largest absolute Gasteiger partial charge is 0.393 e. The van der Waals surface area contributed by atoms with Crippen LogP contribution in [0.3, 0.4) is 0 Å². The molecule has 2 aromatic heterocycles. The molecule has 2 heterocycles. The van der Waals surface area contributed by atoms with Gasteiger partial charge in [-0.15, -0.1) is 0 Å². The molecule has 0 unspecified atom stereocenters. The van der Waals surface area contributed by atoms with E-state index >= 15 is 0 Å². The zero-order valence-electron chi connectivity index (χ0n) is 16.1. The summed E-state index contributed by atoms with van der Waals surface area (Å²) < 4.78 is 26.6. The summed E-state index contributed by atoms with van der Waals surface area (Å²) >= 11 is 6.23. The van der Waals surface area contributed by atoms with Crippen molar-refractivity contribution in [2.75, 3.05) is 11.9 Å². The molecule has 0 radical (unpaired) electrons. The highest BCUT2D eigenvalue weighted by Crippen LogP contribution is 2.37. The van der Waals surface area contributed by atoms with Gasteiger partial charge in [-0.3, -0.25) is 0 Å². The highest BCUT2D eigenvalue weighted by molar-refractivity contribution is 7.87. The third-order valence-electron chi connectivity index (χ3n) is 5.49. The fraction of sp³-hybridized carbons (Fsp3) is 0.368. The maximum atomic E-state index is 11.1. The van der Waals surface area contributed by atoms with Crippen LogP contribution in [0.5, 0.6) is 0 Å². The zero-order chi connectivity index (χ0) is 21.3. The van der Waals surface area contributed by atoms with Crippen molar-refractivity contribution in [2.24, 2.45) is 11.1 Å². The second-order valence-electron chi connectivity index (χ2n) is 7.47. The molecular formula is C19H23ClN6O3S. The van der Waals surface area contributed by atoms with Gasteiger partial charge in [-0.1, -0.05) is 29.8 Å². The number of aliphatic hydroxyl groups excluding tert-OH is 1. The Hall–Kier alpha value is -2.24. The maximum absolute atomic E-state index is 11.1. The summed E-state index contributed by atoms with van der Waals surface area (Å²) in [7, 11) is -3.79. The Morgan fingerprint density at radius 1 is 1.23 bits per heavy atom. The lowest BCUT2D eigenvalue weighted by Gasteiger charge is -2.15. The quantitative estimate of drug-likeness (QED) is 0.433. The average molecular weight is 451 g/mol. The highest BCUT2D eigenvalue weighted by atomic mass is 35.5. The molecule has 160 valence electrons. The predicted octanol–water partition coefficient (Wildman–Crippen LogP) is 1.80. The van der Waals surface area contributed by atoms with Crippen LogP contribution in [0.25, 0.3) is 11.0 Å². The van der Waals surface area contributed by atoms with Gasteiger partial charge in [0.2, 0.25) is 0 Å². The third kappa shape index (κ3) is 4.57. The maximum Gasteiger partial charge on any atom is 0.274 e. The number of hydrogen-bond acceptors (Lipinski definition) is 6. The molecule has 0 spiro atoms. The summed E-state index contributed by atoms with van der Waals surface area (Å²) in [5.41, 5.74) is 1.72. The van der Waals surface area contributed by atoms with Crippen molar-refractivity contribution < 1.29 is 13.5 Å². The monoisotopic (exact) mass is 450 g/mol. The summed E-state index contributed by atoms with van der Waals surface area (Å²) in [4.78, 5) is 8.79. The molecule has 5 N–H and O–H groups in total. The minimum absolute atomic E-state index is 0.00361. The van der Waals surface area contributed by atoms with Gasteiger partial charge in [0.15, 0.2) is 0 Å². The smallest absolute Gasteiger partial charge is 0.274 e. The molecule has 1 aromatic carbocycles. The topological polar surface area (TPSA) is 135 Å². The lowest BCUT2D eigenvalue weighted by atomic mass is 10.1. The highest BCUT2D eigenvalue weighted by Gasteiger charge is 2.35. The Balaban J connectivity index is 1.51. The standard InChI is InChI=1S/C19H23ClN6O3S/c20-16-4-2-1-3-12(16)9-22-18-15-5-6-26(19(15)24-11-23-18)14-7-13(17(27)8-14)10-25-30(21,28)29/h1-6,11,13-14,17,25,27H,7-10H2,(H2,21,28,29)(H,22,23,24)/t13-,14+,17-/m0/s1.